The number of nitrogens with one attached hydrogen (secondary N) is 1. The Morgan fingerprint density at radius 1 is 1.14 bits per heavy atom. The Hall–Kier alpha value is -3.20. The maximum atomic E-state index is 13.4. The van der Waals surface area contributed by atoms with Gasteiger partial charge in [-0.2, -0.15) is 13.2 Å². The zero-order valence-corrected chi connectivity index (χ0v) is 15.7. The third-order valence-electron chi connectivity index (χ3n) is 4.32. The molecular weight excluding hydrogens is 406 g/mol. The van der Waals surface area contributed by atoms with Gasteiger partial charge in [-0.1, -0.05) is 29.8 Å². The quantitative estimate of drug-likeness (QED) is 0.428. The van der Waals surface area contributed by atoms with Crippen LogP contribution >= 0.6 is 11.3 Å². The van der Waals surface area contributed by atoms with E-state index in [0.717, 1.165) is 17.2 Å². The first-order chi connectivity index (χ1) is 13.7. The summed E-state index contributed by atoms with van der Waals surface area (Å²) in [5.74, 6) is -2.02. The van der Waals surface area contributed by atoms with Crippen LogP contribution in [0.15, 0.2) is 54.0 Å². The molecular formula is C20H13F4N3OS. The number of aryl methyl sites for hydroxylation is 1. The predicted octanol–water partition coefficient (Wildman–Crippen LogP) is 5.78. The number of fused-ring (bicyclic) bond motifs is 1. The molecule has 148 valence electrons. The molecule has 1 amide bonds. The van der Waals surface area contributed by atoms with Crippen molar-refractivity contribution in [2.45, 2.75) is 13.1 Å². The normalized spacial score (nSPS) is 11.8. The number of aromatic nitrogens is 2. The minimum Gasteiger partial charge on any atom is -0.321 e. The van der Waals surface area contributed by atoms with Crippen molar-refractivity contribution in [3.8, 4) is 11.3 Å². The summed E-state index contributed by atoms with van der Waals surface area (Å²) in [6.45, 7) is 1.97. The van der Waals surface area contributed by atoms with Crippen LogP contribution in [-0.4, -0.2) is 15.3 Å². The van der Waals surface area contributed by atoms with E-state index < -0.39 is 23.5 Å². The van der Waals surface area contributed by atoms with Gasteiger partial charge in [-0.05, 0) is 25.1 Å². The van der Waals surface area contributed by atoms with Gasteiger partial charge in [0.1, 0.15) is 11.5 Å². The number of anilines is 1. The smallest absolute Gasteiger partial charge is 0.321 e. The van der Waals surface area contributed by atoms with Crippen LogP contribution in [0.3, 0.4) is 0 Å². The Kier molecular flexibility index (Phi) is 4.62. The molecule has 0 bridgehead atoms. The lowest BCUT2D eigenvalue weighted by molar-refractivity contribution is -0.139. The Labute approximate surface area is 166 Å². The van der Waals surface area contributed by atoms with Gasteiger partial charge in [-0.15, -0.1) is 11.3 Å². The number of nitrogens with zero attached hydrogens (tertiary/aromatic N) is 2. The molecule has 4 aromatic rings. The number of rotatable bonds is 3. The first-order valence-electron chi connectivity index (χ1n) is 8.44. The summed E-state index contributed by atoms with van der Waals surface area (Å²) in [4.78, 5) is 17.7. The fraction of sp³-hybridized carbons (Fsp3) is 0.100. The van der Waals surface area contributed by atoms with Gasteiger partial charge in [-0.25, -0.2) is 9.37 Å². The number of benzene rings is 2. The van der Waals surface area contributed by atoms with Crippen molar-refractivity contribution in [1.82, 2.24) is 9.38 Å². The van der Waals surface area contributed by atoms with Gasteiger partial charge >= 0.3 is 6.18 Å². The van der Waals surface area contributed by atoms with Crippen LogP contribution in [0.25, 0.3) is 16.2 Å². The second kappa shape index (κ2) is 7.00. The van der Waals surface area contributed by atoms with Gasteiger partial charge in [0.15, 0.2) is 4.96 Å². The Balaban J connectivity index is 1.63. The molecule has 2 aromatic carbocycles. The van der Waals surface area contributed by atoms with Crippen LogP contribution < -0.4 is 5.32 Å². The molecule has 0 spiro atoms. The third kappa shape index (κ3) is 3.73. The molecule has 0 aliphatic rings. The lowest BCUT2D eigenvalue weighted by atomic mass is 10.1. The summed E-state index contributed by atoms with van der Waals surface area (Å²) in [6, 6.07) is 10.1. The molecule has 2 aromatic heterocycles. The fourth-order valence-corrected chi connectivity index (χ4v) is 3.68. The zero-order chi connectivity index (χ0) is 20.8. The minimum atomic E-state index is -4.85. The molecule has 0 fully saturated rings. The molecule has 0 aliphatic carbocycles. The molecule has 0 aliphatic heterocycles. The molecule has 0 saturated carbocycles. The van der Waals surface area contributed by atoms with E-state index >= 15 is 0 Å². The van der Waals surface area contributed by atoms with E-state index in [1.165, 1.54) is 11.3 Å². The van der Waals surface area contributed by atoms with E-state index in [9.17, 15) is 22.4 Å². The highest BCUT2D eigenvalue weighted by Gasteiger charge is 2.34. The van der Waals surface area contributed by atoms with E-state index in [2.05, 4.69) is 10.3 Å². The van der Waals surface area contributed by atoms with E-state index in [-0.39, 0.29) is 11.4 Å². The lowest BCUT2D eigenvalue weighted by Gasteiger charge is -2.10. The highest BCUT2D eigenvalue weighted by atomic mass is 32.1. The van der Waals surface area contributed by atoms with Crippen molar-refractivity contribution in [2.24, 2.45) is 0 Å². The summed E-state index contributed by atoms with van der Waals surface area (Å²) in [6.07, 6.45) is -3.16. The van der Waals surface area contributed by atoms with Gasteiger partial charge < -0.3 is 5.32 Å². The molecule has 4 rings (SSSR count). The molecule has 0 atom stereocenters. The van der Waals surface area contributed by atoms with Crippen LogP contribution in [0.1, 0.15) is 21.6 Å². The van der Waals surface area contributed by atoms with Gasteiger partial charge in [0.2, 0.25) is 0 Å². The summed E-state index contributed by atoms with van der Waals surface area (Å²) in [5.41, 5.74) is 1.29. The monoisotopic (exact) mass is 419 g/mol. The predicted molar refractivity (Wildman–Crippen MR) is 103 cm³/mol. The SMILES string of the molecule is Cc1ccc(-c2cn3c(C(=O)Nc4ccc(F)c(C(F)(F)F)c4)csc3n2)cc1. The third-order valence-corrected chi connectivity index (χ3v) is 5.16. The number of carbonyl (C=O) groups is 1. The van der Waals surface area contributed by atoms with Crippen LogP contribution in [0.4, 0.5) is 23.2 Å². The van der Waals surface area contributed by atoms with Crippen molar-refractivity contribution in [1.29, 1.82) is 0 Å². The molecule has 2 heterocycles. The Bertz CT molecular complexity index is 1210. The topological polar surface area (TPSA) is 46.4 Å². The lowest BCUT2D eigenvalue weighted by Crippen LogP contribution is -2.15. The number of hydrogen-bond acceptors (Lipinski definition) is 3. The Morgan fingerprint density at radius 2 is 1.86 bits per heavy atom. The average molecular weight is 419 g/mol. The van der Waals surface area contributed by atoms with Crippen molar-refractivity contribution in [3.63, 3.8) is 0 Å². The van der Waals surface area contributed by atoms with Gasteiger partial charge in [0.25, 0.3) is 5.91 Å². The largest absolute Gasteiger partial charge is 0.419 e. The number of imidazole rings is 1. The Morgan fingerprint density at radius 3 is 2.55 bits per heavy atom. The molecule has 1 N–H and O–H groups in total. The van der Waals surface area contributed by atoms with E-state index in [0.29, 0.717) is 22.8 Å². The number of alkyl halides is 3. The maximum absolute atomic E-state index is 13.4. The average Bonchev–Trinajstić information content (AvgIpc) is 3.23. The number of amides is 1. The van der Waals surface area contributed by atoms with Crippen molar-refractivity contribution in [2.75, 3.05) is 5.32 Å². The summed E-state index contributed by atoms with van der Waals surface area (Å²) in [5, 5.41) is 3.95. The molecule has 4 nitrogen and oxygen atoms in total. The molecule has 0 unspecified atom stereocenters. The first kappa shape index (κ1) is 19.1. The fourth-order valence-electron chi connectivity index (χ4n) is 2.83. The number of thiazole rings is 1. The van der Waals surface area contributed by atoms with E-state index in [1.54, 1.807) is 16.0 Å². The second-order valence-corrected chi connectivity index (χ2v) is 7.25. The number of hydrogen-bond donors (Lipinski definition) is 1. The van der Waals surface area contributed by atoms with Gasteiger partial charge in [0, 0.05) is 22.8 Å². The first-order valence-corrected chi connectivity index (χ1v) is 9.32. The van der Waals surface area contributed by atoms with Crippen LogP contribution in [0.5, 0.6) is 0 Å². The maximum Gasteiger partial charge on any atom is 0.419 e. The molecule has 9 heteroatoms. The van der Waals surface area contributed by atoms with Crippen molar-refractivity contribution < 1.29 is 22.4 Å². The van der Waals surface area contributed by atoms with Gasteiger partial charge in [-0.3, -0.25) is 9.20 Å². The van der Waals surface area contributed by atoms with Crippen LogP contribution in [-0.2, 0) is 6.18 Å². The van der Waals surface area contributed by atoms with Crippen molar-refractivity contribution in [3.05, 3.63) is 76.7 Å². The molecule has 0 saturated heterocycles. The van der Waals surface area contributed by atoms with Gasteiger partial charge in [0.05, 0.1) is 11.3 Å². The number of halogens is 4. The highest BCUT2D eigenvalue weighted by molar-refractivity contribution is 7.15. The zero-order valence-electron chi connectivity index (χ0n) is 14.9. The standard InChI is InChI=1S/C20H13F4N3OS/c1-11-2-4-12(5-3-11)16-9-27-17(10-29-19(27)26-16)18(28)25-13-6-7-15(21)14(8-13)20(22,23)24/h2-10H,1H3,(H,25,28). The number of carbonyl (C=O) groups excluding carboxylic acids is 1. The van der Waals surface area contributed by atoms with Crippen molar-refractivity contribution >= 4 is 27.9 Å². The molecule has 0 radical (unpaired) electrons. The van der Waals surface area contributed by atoms with Crippen LogP contribution in [0, 0.1) is 12.7 Å². The summed E-state index contributed by atoms with van der Waals surface area (Å²) < 4.78 is 53.6. The summed E-state index contributed by atoms with van der Waals surface area (Å²) in [7, 11) is 0. The summed E-state index contributed by atoms with van der Waals surface area (Å²) >= 11 is 1.23. The highest BCUT2D eigenvalue weighted by Crippen LogP contribution is 2.33. The minimum absolute atomic E-state index is 0.151. The van der Waals surface area contributed by atoms with Crippen LogP contribution in [0.2, 0.25) is 0 Å². The molecule has 29 heavy (non-hydrogen) atoms. The van der Waals surface area contributed by atoms with E-state index in [1.807, 2.05) is 31.2 Å². The van der Waals surface area contributed by atoms with E-state index in [4.69, 9.17) is 0 Å². The second-order valence-electron chi connectivity index (χ2n) is 6.41.